The molecule has 0 spiro atoms. The number of unbranched alkanes of at least 4 members (excludes halogenated alkanes) is 1. The van der Waals surface area contributed by atoms with E-state index in [-0.39, 0.29) is 0 Å². The van der Waals surface area contributed by atoms with E-state index in [1.807, 2.05) is 0 Å². The lowest BCUT2D eigenvalue weighted by molar-refractivity contribution is 0.342. The highest BCUT2D eigenvalue weighted by molar-refractivity contribution is 5.77. The van der Waals surface area contributed by atoms with Crippen molar-refractivity contribution in [1.82, 2.24) is 0 Å². The molecule has 10 heavy (non-hydrogen) atoms. The van der Waals surface area contributed by atoms with Gasteiger partial charge in [0.2, 0.25) is 0 Å². The maximum absolute atomic E-state index is 5.25. The monoisotopic (exact) mass is 141 g/mol. The van der Waals surface area contributed by atoms with Crippen molar-refractivity contribution in [3.63, 3.8) is 0 Å². The first kappa shape index (κ1) is 7.58. The number of aliphatic imine (C=N–C) groups is 1. The fourth-order valence-electron chi connectivity index (χ4n) is 0.972. The standard InChI is InChI=1S/C8H15NO/c1-2-3-6-9-8-5-4-7-10-8/h2-7H2,1H3. The van der Waals surface area contributed by atoms with Crippen LogP contribution in [0.2, 0.25) is 0 Å². The van der Waals surface area contributed by atoms with Crippen LogP contribution in [-0.2, 0) is 4.74 Å². The first-order chi connectivity index (χ1) is 4.93. The lowest BCUT2D eigenvalue weighted by atomic mass is 10.3. The van der Waals surface area contributed by atoms with E-state index in [4.69, 9.17) is 4.74 Å². The highest BCUT2D eigenvalue weighted by atomic mass is 16.5. The Bertz CT molecular complexity index is 112. The van der Waals surface area contributed by atoms with Crippen molar-refractivity contribution in [3.8, 4) is 0 Å². The van der Waals surface area contributed by atoms with Crippen LogP contribution in [0.15, 0.2) is 4.99 Å². The minimum absolute atomic E-state index is 0.880. The Morgan fingerprint density at radius 3 is 3.10 bits per heavy atom. The number of hydrogen-bond donors (Lipinski definition) is 0. The molecule has 0 bridgehead atoms. The van der Waals surface area contributed by atoms with Gasteiger partial charge >= 0.3 is 0 Å². The molecule has 1 rings (SSSR count). The van der Waals surface area contributed by atoms with Gasteiger partial charge in [0.15, 0.2) is 5.90 Å². The summed E-state index contributed by atoms with van der Waals surface area (Å²) >= 11 is 0. The molecule has 0 saturated carbocycles. The number of nitrogens with zero attached hydrogens (tertiary/aromatic N) is 1. The number of rotatable bonds is 3. The van der Waals surface area contributed by atoms with E-state index in [9.17, 15) is 0 Å². The summed E-state index contributed by atoms with van der Waals surface area (Å²) in [4.78, 5) is 4.31. The third-order valence-corrected chi connectivity index (χ3v) is 1.60. The second-order valence-electron chi connectivity index (χ2n) is 2.58. The molecule has 58 valence electrons. The summed E-state index contributed by atoms with van der Waals surface area (Å²) in [7, 11) is 0. The first-order valence-electron chi connectivity index (χ1n) is 4.09. The molecule has 1 aliphatic heterocycles. The molecule has 0 aromatic heterocycles. The van der Waals surface area contributed by atoms with Gasteiger partial charge in [0.1, 0.15) is 0 Å². The molecule has 1 fully saturated rings. The molecule has 2 heteroatoms. The summed E-state index contributed by atoms with van der Waals surface area (Å²) in [5.74, 6) is 0.980. The molecule has 0 aliphatic carbocycles. The van der Waals surface area contributed by atoms with E-state index < -0.39 is 0 Å². The minimum atomic E-state index is 0.880. The zero-order chi connectivity index (χ0) is 7.23. The zero-order valence-electron chi connectivity index (χ0n) is 6.60. The van der Waals surface area contributed by atoms with Gasteiger partial charge in [0, 0.05) is 13.0 Å². The lowest BCUT2D eigenvalue weighted by Gasteiger charge is -1.95. The van der Waals surface area contributed by atoms with E-state index in [0.717, 1.165) is 31.9 Å². The van der Waals surface area contributed by atoms with Crippen molar-refractivity contribution in [2.45, 2.75) is 32.6 Å². The Balaban J connectivity index is 2.12. The van der Waals surface area contributed by atoms with Crippen LogP contribution in [0.1, 0.15) is 32.6 Å². The summed E-state index contributed by atoms with van der Waals surface area (Å²) in [6.07, 6.45) is 4.62. The molecular formula is C8H15NO. The predicted molar refractivity (Wildman–Crippen MR) is 42.4 cm³/mol. The topological polar surface area (TPSA) is 21.6 Å². The fourth-order valence-corrected chi connectivity index (χ4v) is 0.972. The summed E-state index contributed by atoms with van der Waals surface area (Å²) < 4.78 is 5.25. The van der Waals surface area contributed by atoms with Gasteiger partial charge in [0.05, 0.1) is 6.61 Å². The molecule has 0 radical (unpaired) electrons. The largest absolute Gasteiger partial charge is 0.481 e. The average Bonchev–Trinajstić information content (AvgIpc) is 2.41. The first-order valence-corrected chi connectivity index (χ1v) is 4.09. The highest BCUT2D eigenvalue weighted by Gasteiger charge is 2.07. The van der Waals surface area contributed by atoms with Crippen molar-refractivity contribution in [2.75, 3.05) is 13.2 Å². The van der Waals surface area contributed by atoms with Crippen molar-refractivity contribution in [2.24, 2.45) is 4.99 Å². The molecular weight excluding hydrogens is 126 g/mol. The van der Waals surface area contributed by atoms with Crippen molar-refractivity contribution >= 4 is 5.90 Å². The Hall–Kier alpha value is -0.530. The summed E-state index contributed by atoms with van der Waals surface area (Å²) in [5.41, 5.74) is 0. The smallest absolute Gasteiger partial charge is 0.183 e. The van der Waals surface area contributed by atoms with E-state index in [2.05, 4.69) is 11.9 Å². The van der Waals surface area contributed by atoms with Gasteiger partial charge < -0.3 is 4.74 Å². The highest BCUT2D eigenvalue weighted by Crippen LogP contribution is 2.05. The van der Waals surface area contributed by atoms with Gasteiger partial charge in [-0.25, -0.2) is 0 Å². The van der Waals surface area contributed by atoms with E-state index >= 15 is 0 Å². The minimum Gasteiger partial charge on any atom is -0.481 e. The maximum atomic E-state index is 5.25. The van der Waals surface area contributed by atoms with Crippen LogP contribution in [0.25, 0.3) is 0 Å². The quantitative estimate of drug-likeness (QED) is 0.551. The summed E-state index contributed by atoms with van der Waals surface area (Å²) in [6.45, 7) is 4.01. The van der Waals surface area contributed by atoms with E-state index in [0.29, 0.717) is 0 Å². The van der Waals surface area contributed by atoms with Gasteiger partial charge in [-0.2, -0.15) is 0 Å². The average molecular weight is 141 g/mol. The molecule has 0 N–H and O–H groups in total. The lowest BCUT2D eigenvalue weighted by Crippen LogP contribution is -1.95. The summed E-state index contributed by atoms with van der Waals surface area (Å²) in [5, 5.41) is 0. The summed E-state index contributed by atoms with van der Waals surface area (Å²) in [6, 6.07) is 0. The Labute approximate surface area is 62.3 Å². The predicted octanol–water partition coefficient (Wildman–Crippen LogP) is 2.00. The van der Waals surface area contributed by atoms with Crippen LogP contribution in [0.4, 0.5) is 0 Å². The van der Waals surface area contributed by atoms with Crippen LogP contribution in [-0.4, -0.2) is 19.0 Å². The van der Waals surface area contributed by atoms with Crippen molar-refractivity contribution in [3.05, 3.63) is 0 Å². The molecule has 0 atom stereocenters. The van der Waals surface area contributed by atoms with Crippen LogP contribution < -0.4 is 0 Å². The van der Waals surface area contributed by atoms with Crippen LogP contribution in [0.5, 0.6) is 0 Å². The molecule has 0 amide bonds. The third kappa shape index (κ3) is 2.38. The Morgan fingerprint density at radius 1 is 1.60 bits per heavy atom. The van der Waals surface area contributed by atoms with Crippen molar-refractivity contribution < 1.29 is 4.74 Å². The number of ether oxygens (including phenoxy) is 1. The van der Waals surface area contributed by atoms with Crippen LogP contribution in [0, 0.1) is 0 Å². The molecule has 0 unspecified atom stereocenters. The Kier molecular flexibility index (Phi) is 3.27. The second-order valence-corrected chi connectivity index (χ2v) is 2.58. The van der Waals surface area contributed by atoms with E-state index in [1.165, 1.54) is 12.8 Å². The van der Waals surface area contributed by atoms with E-state index in [1.54, 1.807) is 0 Å². The Morgan fingerprint density at radius 2 is 2.50 bits per heavy atom. The maximum Gasteiger partial charge on any atom is 0.183 e. The molecule has 0 aromatic carbocycles. The third-order valence-electron chi connectivity index (χ3n) is 1.60. The molecule has 1 heterocycles. The normalized spacial score (nSPS) is 21.5. The molecule has 0 aromatic rings. The molecule has 2 nitrogen and oxygen atoms in total. The van der Waals surface area contributed by atoms with Crippen LogP contribution in [0.3, 0.4) is 0 Å². The van der Waals surface area contributed by atoms with Gasteiger partial charge in [-0.3, -0.25) is 4.99 Å². The molecule has 1 saturated heterocycles. The second kappa shape index (κ2) is 4.31. The van der Waals surface area contributed by atoms with Gasteiger partial charge in [-0.1, -0.05) is 13.3 Å². The number of hydrogen-bond acceptors (Lipinski definition) is 2. The van der Waals surface area contributed by atoms with Gasteiger partial charge in [-0.15, -0.1) is 0 Å². The zero-order valence-corrected chi connectivity index (χ0v) is 6.60. The van der Waals surface area contributed by atoms with Gasteiger partial charge in [0.25, 0.3) is 0 Å². The van der Waals surface area contributed by atoms with Gasteiger partial charge in [-0.05, 0) is 12.8 Å². The van der Waals surface area contributed by atoms with Crippen LogP contribution >= 0.6 is 0 Å². The molecule has 1 aliphatic rings. The fraction of sp³-hybridized carbons (Fsp3) is 0.875. The SMILES string of the molecule is CCCCN=C1CCCO1. The van der Waals surface area contributed by atoms with Crippen molar-refractivity contribution in [1.29, 1.82) is 0 Å².